The molecule has 0 aromatic carbocycles. The van der Waals surface area contributed by atoms with Gasteiger partial charge in [0.25, 0.3) is 0 Å². The summed E-state index contributed by atoms with van der Waals surface area (Å²) < 4.78 is 0. The molecule has 0 atom stereocenters. The lowest BCUT2D eigenvalue weighted by Gasteiger charge is -2.34. The predicted molar refractivity (Wildman–Crippen MR) is 70.0 cm³/mol. The highest BCUT2D eigenvalue weighted by molar-refractivity contribution is 7.11. The second-order valence-corrected chi connectivity index (χ2v) is 6.12. The second kappa shape index (κ2) is 4.84. The van der Waals surface area contributed by atoms with Gasteiger partial charge in [-0.05, 0) is 26.2 Å². The predicted octanol–water partition coefficient (Wildman–Crippen LogP) is 3.17. The molecule has 1 fully saturated rings. The highest BCUT2D eigenvalue weighted by Gasteiger charge is 2.35. The van der Waals surface area contributed by atoms with E-state index >= 15 is 0 Å². The van der Waals surface area contributed by atoms with Gasteiger partial charge in [0.05, 0.1) is 5.69 Å². The van der Waals surface area contributed by atoms with Crippen molar-refractivity contribution in [1.82, 2.24) is 4.98 Å². The molecule has 1 aromatic heterocycles. The fourth-order valence-electron chi connectivity index (χ4n) is 2.72. The van der Waals surface area contributed by atoms with Crippen LogP contribution in [0.5, 0.6) is 0 Å². The molecule has 0 amide bonds. The number of hydrogen-bond acceptors (Lipinski definition) is 3. The molecule has 1 heterocycles. The van der Waals surface area contributed by atoms with E-state index < -0.39 is 0 Å². The van der Waals surface area contributed by atoms with Gasteiger partial charge in [0, 0.05) is 16.8 Å². The number of thiazole rings is 1. The van der Waals surface area contributed by atoms with Gasteiger partial charge < -0.3 is 5.73 Å². The third-order valence-electron chi connectivity index (χ3n) is 3.88. The fraction of sp³-hybridized carbons (Fsp3) is 0.769. The minimum Gasteiger partial charge on any atom is -0.329 e. The molecule has 2 N–H and O–H groups in total. The average molecular weight is 238 g/mol. The van der Waals surface area contributed by atoms with E-state index in [4.69, 9.17) is 10.7 Å². The van der Waals surface area contributed by atoms with E-state index in [1.807, 2.05) is 11.3 Å². The molecule has 0 saturated heterocycles. The van der Waals surface area contributed by atoms with E-state index in [1.165, 1.54) is 47.7 Å². The molecule has 0 spiro atoms. The fourth-order valence-corrected chi connectivity index (χ4v) is 3.97. The molecular weight excluding hydrogens is 216 g/mol. The lowest BCUT2D eigenvalue weighted by Crippen LogP contribution is -2.37. The molecular formula is C13H22N2S. The zero-order valence-electron chi connectivity index (χ0n) is 10.4. The lowest BCUT2D eigenvalue weighted by atomic mass is 9.74. The summed E-state index contributed by atoms with van der Waals surface area (Å²) >= 11 is 1.88. The molecule has 0 unspecified atom stereocenters. The number of hydrogen-bond donors (Lipinski definition) is 1. The summed E-state index contributed by atoms with van der Waals surface area (Å²) in [5.41, 5.74) is 7.52. The molecule has 1 aliphatic carbocycles. The third-order valence-corrected chi connectivity index (χ3v) is 5.14. The molecule has 0 radical (unpaired) electrons. The van der Waals surface area contributed by atoms with Crippen LogP contribution in [-0.4, -0.2) is 11.5 Å². The van der Waals surface area contributed by atoms with Gasteiger partial charge in [0.15, 0.2) is 0 Å². The van der Waals surface area contributed by atoms with Crippen LogP contribution in [0.15, 0.2) is 0 Å². The van der Waals surface area contributed by atoms with E-state index in [1.54, 1.807) is 0 Å². The van der Waals surface area contributed by atoms with Crippen LogP contribution >= 0.6 is 11.3 Å². The second-order valence-electron chi connectivity index (χ2n) is 4.92. The van der Waals surface area contributed by atoms with E-state index in [9.17, 15) is 0 Å². The van der Waals surface area contributed by atoms with Gasteiger partial charge in [0.2, 0.25) is 0 Å². The maximum Gasteiger partial charge on any atom is 0.101 e. The topological polar surface area (TPSA) is 38.9 Å². The molecule has 1 saturated carbocycles. The number of aromatic nitrogens is 1. The van der Waals surface area contributed by atoms with Crippen molar-refractivity contribution >= 4 is 11.3 Å². The zero-order chi connectivity index (χ0) is 11.6. The Morgan fingerprint density at radius 3 is 2.50 bits per heavy atom. The molecule has 1 aromatic rings. The van der Waals surface area contributed by atoms with Crippen molar-refractivity contribution < 1.29 is 0 Å². The van der Waals surface area contributed by atoms with Crippen molar-refractivity contribution in [2.45, 2.75) is 57.8 Å². The maximum atomic E-state index is 6.04. The molecule has 2 nitrogen and oxygen atoms in total. The maximum absolute atomic E-state index is 6.04. The Bertz CT molecular complexity index is 351. The minimum atomic E-state index is 0.209. The van der Waals surface area contributed by atoms with Crippen LogP contribution in [-0.2, 0) is 11.8 Å². The van der Waals surface area contributed by atoms with E-state index in [0.29, 0.717) is 0 Å². The summed E-state index contributed by atoms with van der Waals surface area (Å²) in [6, 6.07) is 0. The normalized spacial score (nSPS) is 19.9. The van der Waals surface area contributed by atoms with Crippen LogP contribution in [0, 0.1) is 6.92 Å². The summed E-state index contributed by atoms with van der Waals surface area (Å²) in [4.78, 5) is 6.22. The van der Waals surface area contributed by atoms with Crippen LogP contribution < -0.4 is 5.73 Å². The van der Waals surface area contributed by atoms with Crippen LogP contribution in [0.25, 0.3) is 0 Å². The first-order chi connectivity index (χ1) is 7.72. The zero-order valence-corrected chi connectivity index (χ0v) is 11.2. The molecule has 90 valence electrons. The Labute approximate surface area is 102 Å². The monoisotopic (exact) mass is 238 g/mol. The van der Waals surface area contributed by atoms with Crippen LogP contribution in [0.2, 0.25) is 0 Å². The number of aryl methyl sites for hydroxylation is 2. The van der Waals surface area contributed by atoms with Gasteiger partial charge in [-0.2, -0.15) is 0 Å². The first-order valence-corrected chi connectivity index (χ1v) is 7.20. The van der Waals surface area contributed by atoms with Crippen LogP contribution in [0.4, 0.5) is 0 Å². The first kappa shape index (κ1) is 12.1. The standard InChI is InChI=1S/C13H22N2S/c1-3-11-10(2)16-12(15-11)13(9-14)7-5-4-6-8-13/h3-9,14H2,1-2H3. The molecule has 0 aliphatic heterocycles. The Hall–Kier alpha value is -0.410. The number of nitrogens with two attached hydrogens (primary N) is 1. The van der Waals surface area contributed by atoms with Crippen LogP contribution in [0.3, 0.4) is 0 Å². The summed E-state index contributed by atoms with van der Waals surface area (Å²) in [6.45, 7) is 5.14. The molecule has 2 rings (SSSR count). The number of nitrogens with zero attached hydrogens (tertiary/aromatic N) is 1. The highest BCUT2D eigenvalue weighted by atomic mass is 32.1. The first-order valence-electron chi connectivity index (χ1n) is 6.39. The van der Waals surface area contributed by atoms with Gasteiger partial charge in [-0.3, -0.25) is 0 Å². The largest absolute Gasteiger partial charge is 0.329 e. The minimum absolute atomic E-state index is 0.209. The molecule has 16 heavy (non-hydrogen) atoms. The SMILES string of the molecule is CCc1nc(C2(CN)CCCCC2)sc1C. The summed E-state index contributed by atoms with van der Waals surface area (Å²) in [5.74, 6) is 0. The average Bonchev–Trinajstić information content (AvgIpc) is 2.72. The van der Waals surface area contributed by atoms with Crippen LogP contribution in [0.1, 0.15) is 54.6 Å². The molecule has 1 aliphatic rings. The lowest BCUT2D eigenvalue weighted by molar-refractivity contribution is 0.299. The molecule has 3 heteroatoms. The van der Waals surface area contributed by atoms with Crippen molar-refractivity contribution in [3.05, 3.63) is 15.6 Å². The third kappa shape index (κ3) is 2.03. The van der Waals surface area contributed by atoms with Gasteiger partial charge in [0.1, 0.15) is 5.01 Å². The van der Waals surface area contributed by atoms with Gasteiger partial charge >= 0.3 is 0 Å². The Morgan fingerprint density at radius 2 is 2.00 bits per heavy atom. The summed E-state index contributed by atoms with van der Waals surface area (Å²) in [5, 5.41) is 1.31. The number of rotatable bonds is 3. The van der Waals surface area contributed by atoms with Gasteiger partial charge in [-0.25, -0.2) is 4.98 Å². The van der Waals surface area contributed by atoms with Crippen molar-refractivity contribution in [1.29, 1.82) is 0 Å². The van der Waals surface area contributed by atoms with Crippen molar-refractivity contribution in [3.8, 4) is 0 Å². The Balaban J connectivity index is 2.31. The van der Waals surface area contributed by atoms with Crippen molar-refractivity contribution in [2.75, 3.05) is 6.54 Å². The molecule has 0 bridgehead atoms. The van der Waals surface area contributed by atoms with E-state index in [-0.39, 0.29) is 5.41 Å². The smallest absolute Gasteiger partial charge is 0.101 e. The van der Waals surface area contributed by atoms with Gasteiger partial charge in [-0.15, -0.1) is 11.3 Å². The van der Waals surface area contributed by atoms with Crippen molar-refractivity contribution in [2.24, 2.45) is 5.73 Å². The highest BCUT2D eigenvalue weighted by Crippen LogP contribution is 2.41. The Morgan fingerprint density at radius 1 is 1.31 bits per heavy atom. The quantitative estimate of drug-likeness (QED) is 0.878. The van der Waals surface area contributed by atoms with Crippen molar-refractivity contribution in [3.63, 3.8) is 0 Å². The summed E-state index contributed by atoms with van der Waals surface area (Å²) in [6.07, 6.45) is 7.52. The summed E-state index contributed by atoms with van der Waals surface area (Å²) in [7, 11) is 0. The van der Waals surface area contributed by atoms with E-state index in [2.05, 4.69) is 13.8 Å². The van der Waals surface area contributed by atoms with Gasteiger partial charge in [-0.1, -0.05) is 26.2 Å². The van der Waals surface area contributed by atoms with E-state index in [0.717, 1.165) is 13.0 Å². The Kier molecular flexibility index (Phi) is 3.65.